The zero-order valence-electron chi connectivity index (χ0n) is 14.3. The van der Waals surface area contributed by atoms with Gasteiger partial charge in [-0.15, -0.1) is 0 Å². The average Bonchev–Trinajstić information content (AvgIpc) is 2.96. The predicted molar refractivity (Wildman–Crippen MR) is 101 cm³/mol. The van der Waals surface area contributed by atoms with E-state index in [1.165, 1.54) is 29.5 Å². The number of hydrogen-bond acceptors (Lipinski definition) is 0. The van der Waals surface area contributed by atoms with E-state index in [2.05, 4.69) is 91.9 Å². The molecule has 0 N–H and O–H groups in total. The minimum Gasteiger partial charge on any atom is -0.0622 e. The Morgan fingerprint density at radius 3 is 2.17 bits per heavy atom. The van der Waals surface area contributed by atoms with Gasteiger partial charge in [-0.3, -0.25) is 0 Å². The van der Waals surface area contributed by atoms with E-state index in [-0.39, 0.29) is 5.41 Å². The number of aryl methyl sites for hydroxylation is 1. The highest BCUT2D eigenvalue weighted by molar-refractivity contribution is 5.47. The van der Waals surface area contributed by atoms with Gasteiger partial charge in [0, 0.05) is 5.92 Å². The van der Waals surface area contributed by atoms with Crippen molar-refractivity contribution < 1.29 is 0 Å². The van der Waals surface area contributed by atoms with Crippen molar-refractivity contribution in [1.29, 1.82) is 0 Å². The summed E-state index contributed by atoms with van der Waals surface area (Å²) in [5.74, 6) is 0.531. The molecule has 0 heteroatoms. The molecule has 0 heterocycles. The van der Waals surface area contributed by atoms with Gasteiger partial charge in [-0.25, -0.2) is 0 Å². The first-order valence-corrected chi connectivity index (χ1v) is 8.94. The molecule has 0 amide bonds. The van der Waals surface area contributed by atoms with Crippen LogP contribution >= 0.6 is 0 Å². The molecular weight excluding hydrogens is 288 g/mol. The molecule has 0 saturated carbocycles. The summed E-state index contributed by atoms with van der Waals surface area (Å²) in [5, 5.41) is 0. The summed E-state index contributed by atoms with van der Waals surface area (Å²) in [6.45, 7) is 2.46. The molecule has 0 bridgehead atoms. The Morgan fingerprint density at radius 2 is 1.42 bits per heavy atom. The van der Waals surface area contributed by atoms with Crippen LogP contribution in [0.15, 0.2) is 84.9 Å². The van der Waals surface area contributed by atoms with Crippen molar-refractivity contribution in [3.05, 3.63) is 107 Å². The lowest BCUT2D eigenvalue weighted by molar-refractivity contribution is 0.418. The second-order valence-electron chi connectivity index (χ2n) is 7.30. The van der Waals surface area contributed by atoms with Gasteiger partial charge in [0.25, 0.3) is 0 Å². The third-order valence-electron chi connectivity index (χ3n) is 5.65. The largest absolute Gasteiger partial charge is 0.0622 e. The van der Waals surface area contributed by atoms with E-state index in [9.17, 15) is 0 Å². The lowest BCUT2D eigenvalue weighted by Gasteiger charge is -2.26. The van der Waals surface area contributed by atoms with E-state index in [1.54, 1.807) is 5.56 Å². The Morgan fingerprint density at radius 1 is 0.792 bits per heavy atom. The van der Waals surface area contributed by atoms with E-state index < -0.39 is 0 Å². The SMILES string of the molecule is CC1(CCc2ccccc2)CC(c2ccccc2)c2ccccc21. The molecule has 0 fully saturated rings. The highest BCUT2D eigenvalue weighted by Crippen LogP contribution is 2.50. The second-order valence-corrected chi connectivity index (χ2v) is 7.30. The fraction of sp³-hybridized carbons (Fsp3) is 0.250. The van der Waals surface area contributed by atoms with E-state index >= 15 is 0 Å². The normalized spacial score (nSPS) is 22.3. The van der Waals surface area contributed by atoms with Gasteiger partial charge in [0.1, 0.15) is 0 Å². The Balaban J connectivity index is 1.65. The second kappa shape index (κ2) is 6.28. The Hall–Kier alpha value is -2.34. The van der Waals surface area contributed by atoms with Crippen LogP contribution in [-0.4, -0.2) is 0 Å². The van der Waals surface area contributed by atoms with E-state index in [1.807, 2.05) is 0 Å². The smallest absolute Gasteiger partial charge is 0.0101 e. The summed E-state index contributed by atoms with van der Waals surface area (Å²) in [4.78, 5) is 0. The number of hydrogen-bond donors (Lipinski definition) is 0. The van der Waals surface area contributed by atoms with Gasteiger partial charge in [-0.1, -0.05) is 91.9 Å². The number of rotatable bonds is 4. The number of benzene rings is 3. The van der Waals surface area contributed by atoms with Gasteiger partial charge in [-0.2, -0.15) is 0 Å². The van der Waals surface area contributed by atoms with Crippen LogP contribution in [0.3, 0.4) is 0 Å². The lowest BCUT2D eigenvalue weighted by atomic mass is 9.78. The van der Waals surface area contributed by atoms with Gasteiger partial charge in [0.05, 0.1) is 0 Å². The molecule has 2 unspecified atom stereocenters. The van der Waals surface area contributed by atoms with Crippen LogP contribution in [0.5, 0.6) is 0 Å². The Labute approximate surface area is 145 Å². The van der Waals surface area contributed by atoms with Crippen molar-refractivity contribution in [3.63, 3.8) is 0 Å². The zero-order valence-corrected chi connectivity index (χ0v) is 14.3. The zero-order chi connectivity index (χ0) is 16.4. The van der Waals surface area contributed by atoms with Crippen LogP contribution in [0.25, 0.3) is 0 Å². The third-order valence-corrected chi connectivity index (χ3v) is 5.65. The molecule has 0 saturated heterocycles. The summed E-state index contributed by atoms with van der Waals surface area (Å²) < 4.78 is 0. The Kier molecular flexibility index (Phi) is 3.98. The van der Waals surface area contributed by atoms with E-state index in [0.717, 1.165) is 6.42 Å². The first kappa shape index (κ1) is 15.2. The maximum absolute atomic E-state index is 2.46. The molecular formula is C24H24. The van der Waals surface area contributed by atoms with Crippen molar-refractivity contribution in [2.45, 2.75) is 37.5 Å². The van der Waals surface area contributed by atoms with Crippen molar-refractivity contribution in [2.75, 3.05) is 0 Å². The van der Waals surface area contributed by atoms with Gasteiger partial charge in [-0.05, 0) is 46.9 Å². The fourth-order valence-electron chi connectivity index (χ4n) is 4.31. The molecule has 24 heavy (non-hydrogen) atoms. The van der Waals surface area contributed by atoms with Gasteiger partial charge < -0.3 is 0 Å². The first-order valence-electron chi connectivity index (χ1n) is 8.94. The quantitative estimate of drug-likeness (QED) is 0.545. The monoisotopic (exact) mass is 312 g/mol. The average molecular weight is 312 g/mol. The molecule has 1 aliphatic carbocycles. The molecule has 0 nitrogen and oxygen atoms in total. The highest BCUT2D eigenvalue weighted by Gasteiger charge is 2.40. The molecule has 1 aliphatic rings. The number of fused-ring (bicyclic) bond motifs is 1. The van der Waals surface area contributed by atoms with Crippen LogP contribution in [0.2, 0.25) is 0 Å². The predicted octanol–water partition coefficient (Wildman–Crippen LogP) is 6.11. The van der Waals surface area contributed by atoms with Gasteiger partial charge in [0.15, 0.2) is 0 Å². The first-order chi connectivity index (χ1) is 11.8. The summed E-state index contributed by atoms with van der Waals surface area (Å²) in [5.41, 5.74) is 6.23. The maximum Gasteiger partial charge on any atom is 0.0101 e. The van der Waals surface area contributed by atoms with Crippen LogP contribution in [-0.2, 0) is 11.8 Å². The van der Waals surface area contributed by atoms with Crippen molar-refractivity contribution >= 4 is 0 Å². The molecule has 4 rings (SSSR count). The summed E-state index contributed by atoms with van der Waals surface area (Å²) in [7, 11) is 0. The van der Waals surface area contributed by atoms with Crippen LogP contribution in [0.4, 0.5) is 0 Å². The van der Waals surface area contributed by atoms with Crippen molar-refractivity contribution in [1.82, 2.24) is 0 Å². The third kappa shape index (κ3) is 2.78. The maximum atomic E-state index is 2.46. The van der Waals surface area contributed by atoms with E-state index in [0.29, 0.717) is 5.92 Å². The molecule has 3 aromatic carbocycles. The van der Waals surface area contributed by atoms with Crippen LogP contribution in [0.1, 0.15) is 47.9 Å². The summed E-state index contributed by atoms with van der Waals surface area (Å²) >= 11 is 0. The fourth-order valence-corrected chi connectivity index (χ4v) is 4.31. The van der Waals surface area contributed by atoms with Gasteiger partial charge in [0.2, 0.25) is 0 Å². The molecule has 0 aromatic heterocycles. The molecule has 0 aliphatic heterocycles. The van der Waals surface area contributed by atoms with Crippen LogP contribution in [0, 0.1) is 0 Å². The highest BCUT2D eigenvalue weighted by atomic mass is 14.4. The molecule has 2 atom stereocenters. The minimum atomic E-state index is 0.257. The molecule has 0 radical (unpaired) electrons. The summed E-state index contributed by atoms with van der Waals surface area (Å²) in [6, 6.07) is 31.0. The van der Waals surface area contributed by atoms with Gasteiger partial charge >= 0.3 is 0 Å². The lowest BCUT2D eigenvalue weighted by Crippen LogP contribution is -2.19. The minimum absolute atomic E-state index is 0.257. The van der Waals surface area contributed by atoms with Crippen molar-refractivity contribution in [3.8, 4) is 0 Å². The summed E-state index contributed by atoms with van der Waals surface area (Å²) in [6.07, 6.45) is 3.56. The van der Waals surface area contributed by atoms with E-state index in [4.69, 9.17) is 0 Å². The topological polar surface area (TPSA) is 0 Å². The molecule has 3 aromatic rings. The van der Waals surface area contributed by atoms with Crippen LogP contribution < -0.4 is 0 Å². The standard InChI is InChI=1S/C24H24/c1-24(17-16-19-10-4-2-5-11-19)18-22(20-12-6-3-7-13-20)21-14-8-9-15-23(21)24/h2-15,22H,16-18H2,1H3. The van der Waals surface area contributed by atoms with Crippen molar-refractivity contribution in [2.24, 2.45) is 0 Å². The Bertz CT molecular complexity index is 804. The molecule has 120 valence electrons. The molecule has 0 spiro atoms.